The molecule has 0 fully saturated rings. The summed E-state index contributed by atoms with van der Waals surface area (Å²) >= 11 is 5.66. The standard InChI is InChI=1S/C12H12ClFO/c13-10-7-9(5-6-11(10)14)12(15)8-3-1-2-4-8/h3,5-7,12,15H,1-2,4H2. The molecule has 15 heavy (non-hydrogen) atoms. The van der Waals surface area contributed by atoms with E-state index in [1.165, 1.54) is 12.1 Å². The highest BCUT2D eigenvalue weighted by Crippen LogP contribution is 2.31. The van der Waals surface area contributed by atoms with E-state index in [-0.39, 0.29) is 5.02 Å². The second kappa shape index (κ2) is 4.33. The quantitative estimate of drug-likeness (QED) is 0.764. The molecule has 0 saturated carbocycles. The van der Waals surface area contributed by atoms with E-state index in [2.05, 4.69) is 0 Å². The summed E-state index contributed by atoms with van der Waals surface area (Å²) in [4.78, 5) is 0. The van der Waals surface area contributed by atoms with Gasteiger partial charge in [0.2, 0.25) is 0 Å². The maximum atomic E-state index is 12.9. The summed E-state index contributed by atoms with van der Waals surface area (Å²) in [6.07, 6.45) is 4.42. The van der Waals surface area contributed by atoms with Crippen LogP contribution in [0, 0.1) is 5.82 Å². The third kappa shape index (κ3) is 2.21. The number of aliphatic hydroxyl groups excluding tert-OH is 1. The summed E-state index contributed by atoms with van der Waals surface area (Å²) in [5, 5.41) is 10.0. The van der Waals surface area contributed by atoms with Crippen LogP contribution in [0.5, 0.6) is 0 Å². The molecule has 0 bridgehead atoms. The minimum absolute atomic E-state index is 0.0603. The first-order chi connectivity index (χ1) is 7.18. The fourth-order valence-corrected chi connectivity index (χ4v) is 2.03. The minimum Gasteiger partial charge on any atom is -0.384 e. The van der Waals surface area contributed by atoms with Crippen LogP contribution in [0.1, 0.15) is 30.9 Å². The summed E-state index contributed by atoms with van der Waals surface area (Å²) in [6, 6.07) is 4.35. The molecule has 0 spiro atoms. The molecule has 1 unspecified atom stereocenters. The molecule has 0 aromatic heterocycles. The lowest BCUT2D eigenvalue weighted by Crippen LogP contribution is -2.00. The molecular weight excluding hydrogens is 215 g/mol. The van der Waals surface area contributed by atoms with Crippen LogP contribution in [0.15, 0.2) is 29.8 Å². The van der Waals surface area contributed by atoms with Crippen molar-refractivity contribution in [2.24, 2.45) is 0 Å². The lowest BCUT2D eigenvalue weighted by atomic mass is 10.0. The summed E-state index contributed by atoms with van der Waals surface area (Å²) in [5.41, 5.74) is 1.67. The maximum Gasteiger partial charge on any atom is 0.141 e. The number of aliphatic hydroxyl groups is 1. The van der Waals surface area contributed by atoms with Gasteiger partial charge in [0.15, 0.2) is 0 Å². The van der Waals surface area contributed by atoms with E-state index in [0.717, 1.165) is 24.8 Å². The average molecular weight is 227 g/mol. The number of hydrogen-bond donors (Lipinski definition) is 1. The predicted molar refractivity (Wildman–Crippen MR) is 58.3 cm³/mol. The first-order valence-electron chi connectivity index (χ1n) is 5.00. The molecule has 0 amide bonds. The second-order valence-electron chi connectivity index (χ2n) is 3.75. The van der Waals surface area contributed by atoms with Gasteiger partial charge in [-0.15, -0.1) is 0 Å². The van der Waals surface area contributed by atoms with E-state index in [9.17, 15) is 9.50 Å². The van der Waals surface area contributed by atoms with Gasteiger partial charge >= 0.3 is 0 Å². The molecule has 1 N–H and O–H groups in total. The van der Waals surface area contributed by atoms with Crippen LogP contribution in [-0.4, -0.2) is 5.11 Å². The van der Waals surface area contributed by atoms with Gasteiger partial charge in [-0.3, -0.25) is 0 Å². The molecule has 1 nitrogen and oxygen atoms in total. The molecule has 2 rings (SSSR count). The van der Waals surface area contributed by atoms with Crippen LogP contribution in [-0.2, 0) is 0 Å². The highest BCUT2D eigenvalue weighted by Gasteiger charge is 2.17. The summed E-state index contributed by atoms with van der Waals surface area (Å²) in [7, 11) is 0. The number of benzene rings is 1. The summed E-state index contributed by atoms with van der Waals surface area (Å²) < 4.78 is 12.9. The molecular formula is C12H12ClFO. The smallest absolute Gasteiger partial charge is 0.141 e. The highest BCUT2D eigenvalue weighted by molar-refractivity contribution is 6.30. The fraction of sp³-hybridized carbons (Fsp3) is 0.333. The van der Waals surface area contributed by atoms with Gasteiger partial charge in [0.1, 0.15) is 11.9 Å². The fourth-order valence-electron chi connectivity index (χ4n) is 1.84. The molecule has 80 valence electrons. The molecule has 0 heterocycles. The van der Waals surface area contributed by atoms with Crippen LogP contribution in [0.4, 0.5) is 4.39 Å². The monoisotopic (exact) mass is 226 g/mol. The Balaban J connectivity index is 2.25. The van der Waals surface area contributed by atoms with E-state index in [1.807, 2.05) is 6.08 Å². The van der Waals surface area contributed by atoms with Gasteiger partial charge in [-0.2, -0.15) is 0 Å². The first-order valence-corrected chi connectivity index (χ1v) is 5.38. The minimum atomic E-state index is -0.634. The second-order valence-corrected chi connectivity index (χ2v) is 4.15. The number of hydrogen-bond acceptors (Lipinski definition) is 1. The highest BCUT2D eigenvalue weighted by atomic mass is 35.5. The molecule has 1 aromatic carbocycles. The third-order valence-electron chi connectivity index (χ3n) is 2.69. The number of rotatable bonds is 2. The van der Waals surface area contributed by atoms with E-state index in [4.69, 9.17) is 11.6 Å². The SMILES string of the molecule is OC(C1=CCCC1)c1ccc(F)c(Cl)c1. The molecule has 3 heteroatoms. The lowest BCUT2D eigenvalue weighted by Gasteiger charge is -2.12. The zero-order valence-electron chi connectivity index (χ0n) is 8.21. The van der Waals surface area contributed by atoms with Gasteiger partial charge in [-0.05, 0) is 42.5 Å². The van der Waals surface area contributed by atoms with Crippen LogP contribution < -0.4 is 0 Å². The maximum absolute atomic E-state index is 12.9. The van der Waals surface area contributed by atoms with Crippen LogP contribution in [0.2, 0.25) is 5.02 Å². The summed E-state index contributed by atoms with van der Waals surface area (Å²) in [6.45, 7) is 0. The lowest BCUT2D eigenvalue weighted by molar-refractivity contribution is 0.212. The molecule has 1 atom stereocenters. The topological polar surface area (TPSA) is 20.2 Å². The Bertz CT molecular complexity index is 401. The van der Waals surface area contributed by atoms with Crippen LogP contribution in [0.3, 0.4) is 0 Å². The normalized spacial score (nSPS) is 17.7. The molecule has 0 aliphatic heterocycles. The largest absolute Gasteiger partial charge is 0.384 e. The van der Waals surface area contributed by atoms with Crippen molar-refractivity contribution in [1.82, 2.24) is 0 Å². The average Bonchev–Trinajstić information content (AvgIpc) is 2.74. The van der Waals surface area contributed by atoms with Gasteiger partial charge in [-0.25, -0.2) is 4.39 Å². The van der Waals surface area contributed by atoms with E-state index in [0.29, 0.717) is 5.56 Å². The number of allylic oxidation sites excluding steroid dienone is 1. The molecule has 1 aliphatic rings. The van der Waals surface area contributed by atoms with Gasteiger partial charge in [0.05, 0.1) is 5.02 Å². The van der Waals surface area contributed by atoms with Crippen LogP contribution >= 0.6 is 11.6 Å². The predicted octanol–water partition coefficient (Wildman–Crippen LogP) is 3.62. The van der Waals surface area contributed by atoms with Crippen molar-refractivity contribution < 1.29 is 9.50 Å². The molecule has 0 radical (unpaired) electrons. The van der Waals surface area contributed by atoms with E-state index >= 15 is 0 Å². The van der Waals surface area contributed by atoms with E-state index < -0.39 is 11.9 Å². The third-order valence-corrected chi connectivity index (χ3v) is 2.98. The Kier molecular flexibility index (Phi) is 3.08. The van der Waals surface area contributed by atoms with Crippen molar-refractivity contribution in [3.8, 4) is 0 Å². The molecule has 0 saturated heterocycles. The Hall–Kier alpha value is -0.860. The van der Waals surface area contributed by atoms with Gasteiger partial charge in [0.25, 0.3) is 0 Å². The molecule has 1 aliphatic carbocycles. The van der Waals surface area contributed by atoms with Gasteiger partial charge in [-0.1, -0.05) is 23.7 Å². The number of halogens is 2. The zero-order valence-corrected chi connectivity index (χ0v) is 8.97. The summed E-state index contributed by atoms with van der Waals surface area (Å²) in [5.74, 6) is -0.451. The van der Waals surface area contributed by atoms with Crippen molar-refractivity contribution in [3.05, 3.63) is 46.3 Å². The molecule has 1 aromatic rings. The Labute approximate surface area is 93.2 Å². The zero-order chi connectivity index (χ0) is 10.8. The van der Waals surface area contributed by atoms with Gasteiger partial charge in [0, 0.05) is 0 Å². The Morgan fingerprint density at radius 3 is 2.80 bits per heavy atom. The van der Waals surface area contributed by atoms with Crippen molar-refractivity contribution in [1.29, 1.82) is 0 Å². The Morgan fingerprint density at radius 1 is 1.40 bits per heavy atom. The van der Waals surface area contributed by atoms with E-state index in [1.54, 1.807) is 6.07 Å². The van der Waals surface area contributed by atoms with Crippen molar-refractivity contribution in [2.75, 3.05) is 0 Å². The first kappa shape index (κ1) is 10.7. The Morgan fingerprint density at radius 2 is 2.20 bits per heavy atom. The van der Waals surface area contributed by atoms with Gasteiger partial charge < -0.3 is 5.11 Å². The van der Waals surface area contributed by atoms with Crippen molar-refractivity contribution in [3.63, 3.8) is 0 Å². The van der Waals surface area contributed by atoms with Crippen molar-refractivity contribution in [2.45, 2.75) is 25.4 Å². The van der Waals surface area contributed by atoms with Crippen molar-refractivity contribution >= 4 is 11.6 Å². The van der Waals surface area contributed by atoms with Crippen LogP contribution in [0.25, 0.3) is 0 Å².